The number of nitrogens with zero attached hydrogens (tertiary/aromatic N) is 1. The molecule has 0 saturated heterocycles. The number of fused-ring (bicyclic) bond motifs is 1. The summed E-state index contributed by atoms with van der Waals surface area (Å²) in [6.45, 7) is -0.248. The molecule has 0 aromatic heterocycles. The fourth-order valence-electron chi connectivity index (χ4n) is 3.31. The van der Waals surface area contributed by atoms with Crippen LogP contribution in [-0.2, 0) is 4.79 Å². The lowest BCUT2D eigenvalue weighted by molar-refractivity contribution is -0.122. The summed E-state index contributed by atoms with van der Waals surface area (Å²) in [4.78, 5) is 38.3. The summed E-state index contributed by atoms with van der Waals surface area (Å²) in [5.74, 6) is -0.694. The monoisotopic (exact) mass is 334 g/mol. The van der Waals surface area contributed by atoms with Crippen LogP contribution in [0.5, 0.6) is 0 Å². The maximum absolute atomic E-state index is 12.5. The molecule has 1 aliphatic heterocycles. The summed E-state index contributed by atoms with van der Waals surface area (Å²) in [5, 5.41) is 3.00. The van der Waals surface area contributed by atoms with Gasteiger partial charge < -0.3 is 5.32 Å². The van der Waals surface area contributed by atoms with E-state index in [-0.39, 0.29) is 18.5 Å². The van der Waals surface area contributed by atoms with E-state index in [0.717, 1.165) is 23.3 Å². The lowest BCUT2D eigenvalue weighted by atomic mass is 10.0. The summed E-state index contributed by atoms with van der Waals surface area (Å²) >= 11 is 0. The Balaban J connectivity index is 1.47. The summed E-state index contributed by atoms with van der Waals surface area (Å²) in [5.41, 5.74) is 1.78. The van der Waals surface area contributed by atoms with Crippen molar-refractivity contribution in [3.8, 4) is 0 Å². The standard InChI is InChI=1S/C20H18N2O3/c23-17(21-18(14-10-11-14)13-6-2-1-3-7-13)12-22-19(24)15-8-4-5-9-16(15)20(22)25/h1-9,14,18H,10-12H2,(H,21,23). The molecule has 1 unspecified atom stereocenters. The number of amides is 3. The van der Waals surface area contributed by atoms with Gasteiger partial charge in [0.1, 0.15) is 6.54 Å². The molecule has 0 radical (unpaired) electrons. The summed E-state index contributed by atoms with van der Waals surface area (Å²) < 4.78 is 0. The number of hydrogen-bond acceptors (Lipinski definition) is 3. The SMILES string of the molecule is O=C(CN1C(=O)c2ccccc2C1=O)NC(c1ccccc1)C1CC1. The molecule has 1 atom stereocenters. The average molecular weight is 334 g/mol. The van der Waals surface area contributed by atoms with E-state index in [4.69, 9.17) is 0 Å². The van der Waals surface area contributed by atoms with Crippen LogP contribution in [0.1, 0.15) is 45.2 Å². The van der Waals surface area contributed by atoms with Crippen molar-refractivity contribution in [3.63, 3.8) is 0 Å². The summed E-state index contributed by atoms with van der Waals surface area (Å²) in [6.07, 6.45) is 2.15. The van der Waals surface area contributed by atoms with E-state index >= 15 is 0 Å². The molecule has 4 rings (SSSR count). The van der Waals surface area contributed by atoms with Crippen LogP contribution in [0.3, 0.4) is 0 Å². The number of imide groups is 1. The predicted molar refractivity (Wildman–Crippen MR) is 91.9 cm³/mol. The Morgan fingerprint density at radius 1 is 0.960 bits per heavy atom. The zero-order valence-corrected chi connectivity index (χ0v) is 13.6. The molecule has 3 amide bonds. The highest BCUT2D eigenvalue weighted by Crippen LogP contribution is 2.40. The van der Waals surface area contributed by atoms with Crippen LogP contribution in [0, 0.1) is 5.92 Å². The normalized spacial score (nSPS) is 17.4. The second-order valence-electron chi connectivity index (χ2n) is 6.54. The van der Waals surface area contributed by atoms with E-state index in [1.165, 1.54) is 0 Å². The van der Waals surface area contributed by atoms with E-state index in [0.29, 0.717) is 17.0 Å². The second kappa shape index (κ2) is 6.16. The van der Waals surface area contributed by atoms with Crippen LogP contribution in [0.15, 0.2) is 54.6 Å². The van der Waals surface area contributed by atoms with Gasteiger partial charge in [0, 0.05) is 0 Å². The minimum absolute atomic E-state index is 0.0658. The van der Waals surface area contributed by atoms with Gasteiger partial charge in [-0.05, 0) is 36.5 Å². The molecule has 2 aliphatic rings. The van der Waals surface area contributed by atoms with Gasteiger partial charge in [-0.25, -0.2) is 0 Å². The van der Waals surface area contributed by atoms with Crippen molar-refractivity contribution >= 4 is 17.7 Å². The van der Waals surface area contributed by atoms with E-state index in [1.54, 1.807) is 24.3 Å². The van der Waals surface area contributed by atoms with Crippen molar-refractivity contribution in [2.75, 3.05) is 6.54 Å². The van der Waals surface area contributed by atoms with E-state index < -0.39 is 11.8 Å². The van der Waals surface area contributed by atoms with Gasteiger partial charge >= 0.3 is 0 Å². The molecule has 1 heterocycles. The van der Waals surface area contributed by atoms with Crippen LogP contribution >= 0.6 is 0 Å². The zero-order chi connectivity index (χ0) is 17.4. The van der Waals surface area contributed by atoms with Crippen LogP contribution in [0.2, 0.25) is 0 Å². The average Bonchev–Trinajstić information content (AvgIpc) is 3.45. The number of rotatable bonds is 5. The summed E-state index contributed by atoms with van der Waals surface area (Å²) in [7, 11) is 0. The van der Waals surface area contributed by atoms with Crippen LogP contribution < -0.4 is 5.32 Å². The summed E-state index contributed by atoms with van der Waals surface area (Å²) in [6, 6.07) is 16.4. The van der Waals surface area contributed by atoms with Gasteiger partial charge in [-0.15, -0.1) is 0 Å². The first-order valence-corrected chi connectivity index (χ1v) is 8.44. The van der Waals surface area contributed by atoms with Crippen molar-refractivity contribution in [2.45, 2.75) is 18.9 Å². The Bertz CT molecular complexity index is 808. The third kappa shape index (κ3) is 2.93. The van der Waals surface area contributed by atoms with E-state index in [1.807, 2.05) is 30.3 Å². The Hall–Kier alpha value is -2.95. The molecule has 1 aliphatic carbocycles. The molecule has 2 aromatic carbocycles. The van der Waals surface area contributed by atoms with Crippen molar-refractivity contribution in [1.82, 2.24) is 10.2 Å². The first kappa shape index (κ1) is 15.6. The molecule has 5 heteroatoms. The van der Waals surface area contributed by atoms with Gasteiger partial charge in [0.05, 0.1) is 17.2 Å². The van der Waals surface area contributed by atoms with Gasteiger partial charge in [0.2, 0.25) is 5.91 Å². The number of nitrogens with one attached hydrogen (secondary N) is 1. The van der Waals surface area contributed by atoms with Crippen molar-refractivity contribution in [2.24, 2.45) is 5.92 Å². The van der Waals surface area contributed by atoms with E-state index in [2.05, 4.69) is 5.32 Å². The number of hydrogen-bond donors (Lipinski definition) is 1. The van der Waals surface area contributed by atoms with Crippen LogP contribution in [0.4, 0.5) is 0 Å². The number of carbonyl (C=O) groups excluding carboxylic acids is 3. The zero-order valence-electron chi connectivity index (χ0n) is 13.6. The predicted octanol–water partition coefficient (Wildman–Crippen LogP) is 2.55. The van der Waals surface area contributed by atoms with E-state index in [9.17, 15) is 14.4 Å². The van der Waals surface area contributed by atoms with Crippen molar-refractivity contribution in [3.05, 3.63) is 71.3 Å². The van der Waals surface area contributed by atoms with Gasteiger partial charge in [0.25, 0.3) is 11.8 Å². The topological polar surface area (TPSA) is 66.5 Å². The Kier molecular flexibility index (Phi) is 3.84. The third-order valence-electron chi connectivity index (χ3n) is 4.75. The molecule has 25 heavy (non-hydrogen) atoms. The Morgan fingerprint density at radius 2 is 1.52 bits per heavy atom. The van der Waals surface area contributed by atoms with Gasteiger partial charge in [0.15, 0.2) is 0 Å². The maximum Gasteiger partial charge on any atom is 0.262 e. The molecule has 1 fully saturated rings. The molecular formula is C20H18N2O3. The maximum atomic E-state index is 12.5. The molecule has 2 aromatic rings. The lowest BCUT2D eigenvalue weighted by Gasteiger charge is -2.21. The first-order chi connectivity index (χ1) is 12.1. The molecule has 0 spiro atoms. The van der Waals surface area contributed by atoms with Gasteiger partial charge in [-0.3, -0.25) is 19.3 Å². The lowest BCUT2D eigenvalue weighted by Crippen LogP contribution is -2.42. The highest BCUT2D eigenvalue weighted by Gasteiger charge is 2.38. The quantitative estimate of drug-likeness (QED) is 0.855. The first-order valence-electron chi connectivity index (χ1n) is 8.44. The number of benzene rings is 2. The molecule has 1 N–H and O–H groups in total. The highest BCUT2D eigenvalue weighted by molar-refractivity contribution is 6.22. The van der Waals surface area contributed by atoms with Gasteiger partial charge in [-0.2, -0.15) is 0 Å². The molecule has 5 nitrogen and oxygen atoms in total. The largest absolute Gasteiger partial charge is 0.347 e. The van der Waals surface area contributed by atoms with Crippen LogP contribution in [0.25, 0.3) is 0 Å². The molecule has 126 valence electrons. The smallest absolute Gasteiger partial charge is 0.262 e. The highest BCUT2D eigenvalue weighted by atomic mass is 16.2. The number of carbonyl (C=O) groups is 3. The van der Waals surface area contributed by atoms with Gasteiger partial charge in [-0.1, -0.05) is 42.5 Å². The fourth-order valence-corrected chi connectivity index (χ4v) is 3.31. The Morgan fingerprint density at radius 3 is 2.08 bits per heavy atom. The molecule has 0 bridgehead atoms. The fraction of sp³-hybridized carbons (Fsp3) is 0.250. The molecular weight excluding hydrogens is 316 g/mol. The minimum atomic E-state index is -0.404. The molecule has 1 saturated carbocycles. The minimum Gasteiger partial charge on any atom is -0.347 e. The van der Waals surface area contributed by atoms with Crippen molar-refractivity contribution in [1.29, 1.82) is 0 Å². The van der Waals surface area contributed by atoms with Crippen molar-refractivity contribution < 1.29 is 14.4 Å². The second-order valence-corrected chi connectivity index (χ2v) is 6.54. The van der Waals surface area contributed by atoms with Crippen LogP contribution in [-0.4, -0.2) is 29.2 Å². The Labute approximate surface area is 145 Å². The third-order valence-corrected chi connectivity index (χ3v) is 4.75.